The second-order valence-corrected chi connectivity index (χ2v) is 8.90. The molecule has 0 bridgehead atoms. The van der Waals surface area contributed by atoms with Gasteiger partial charge in [0.1, 0.15) is 18.2 Å². The first-order chi connectivity index (χ1) is 15.6. The summed E-state index contributed by atoms with van der Waals surface area (Å²) in [4.78, 5) is 27.6. The minimum atomic E-state index is -0.543. The van der Waals surface area contributed by atoms with E-state index in [0.29, 0.717) is 17.1 Å². The summed E-state index contributed by atoms with van der Waals surface area (Å²) in [6.45, 7) is 0.644. The van der Waals surface area contributed by atoms with Crippen molar-refractivity contribution in [2.45, 2.75) is 37.1 Å². The molecule has 32 heavy (non-hydrogen) atoms. The molecule has 0 fully saturated rings. The maximum absolute atomic E-state index is 14.5. The van der Waals surface area contributed by atoms with Gasteiger partial charge in [-0.1, -0.05) is 18.6 Å². The summed E-state index contributed by atoms with van der Waals surface area (Å²) in [5.74, 6) is 0.729. The predicted octanol–water partition coefficient (Wildman–Crippen LogP) is 3.89. The summed E-state index contributed by atoms with van der Waals surface area (Å²) < 4.78 is 16.6. The van der Waals surface area contributed by atoms with Crippen LogP contribution in [0, 0.1) is 5.82 Å². The van der Waals surface area contributed by atoms with Crippen LogP contribution in [0.5, 0.6) is 0 Å². The Labute approximate surface area is 189 Å². The van der Waals surface area contributed by atoms with Crippen LogP contribution in [0.4, 0.5) is 15.8 Å². The van der Waals surface area contributed by atoms with Crippen molar-refractivity contribution in [3.8, 4) is 11.4 Å². The van der Waals surface area contributed by atoms with Crippen LogP contribution in [-0.4, -0.2) is 38.9 Å². The van der Waals surface area contributed by atoms with E-state index in [1.165, 1.54) is 22.7 Å². The summed E-state index contributed by atoms with van der Waals surface area (Å²) in [7, 11) is 0. The van der Waals surface area contributed by atoms with Crippen LogP contribution >= 0.6 is 11.8 Å². The minimum Gasteiger partial charge on any atom is -0.322 e. The number of anilines is 2. The molecule has 2 aliphatic heterocycles. The van der Waals surface area contributed by atoms with E-state index >= 15 is 0 Å². The molecule has 2 aromatic carbocycles. The number of nitrogens with one attached hydrogen (secondary N) is 1. The summed E-state index contributed by atoms with van der Waals surface area (Å²) >= 11 is 1.45. The lowest BCUT2D eigenvalue weighted by Crippen LogP contribution is -2.41. The highest BCUT2D eigenvalue weighted by Crippen LogP contribution is 2.35. The van der Waals surface area contributed by atoms with E-state index < -0.39 is 11.7 Å². The van der Waals surface area contributed by atoms with Gasteiger partial charge in [-0.2, -0.15) is 0 Å². The Hall–Kier alpha value is -3.20. The van der Waals surface area contributed by atoms with Crippen molar-refractivity contribution in [2.24, 2.45) is 0 Å². The first-order valence-electron chi connectivity index (χ1n) is 10.6. The summed E-state index contributed by atoms with van der Waals surface area (Å²) in [6, 6.07) is 12.0. The van der Waals surface area contributed by atoms with Crippen LogP contribution in [0.3, 0.4) is 0 Å². The zero-order chi connectivity index (χ0) is 22.1. The van der Waals surface area contributed by atoms with Gasteiger partial charge >= 0.3 is 0 Å². The zero-order valence-corrected chi connectivity index (χ0v) is 18.2. The number of aromatic nitrogens is 3. The van der Waals surface area contributed by atoms with Crippen molar-refractivity contribution in [1.82, 2.24) is 14.8 Å². The molecule has 3 aromatic rings. The molecule has 0 atom stereocenters. The monoisotopic (exact) mass is 451 g/mol. The fourth-order valence-corrected chi connectivity index (χ4v) is 5.06. The third-order valence-electron chi connectivity index (χ3n) is 5.72. The van der Waals surface area contributed by atoms with Gasteiger partial charge in [-0.25, -0.2) is 4.39 Å². The fourth-order valence-electron chi connectivity index (χ4n) is 4.12. The molecule has 164 valence electrons. The summed E-state index contributed by atoms with van der Waals surface area (Å²) in [5, 5.41) is 11.2. The zero-order valence-electron chi connectivity index (χ0n) is 17.4. The van der Waals surface area contributed by atoms with Gasteiger partial charge in [0, 0.05) is 23.4 Å². The lowest BCUT2D eigenvalue weighted by atomic mass is 10.1. The maximum Gasteiger partial charge on any atom is 0.244 e. The molecule has 9 heteroatoms. The van der Waals surface area contributed by atoms with Gasteiger partial charge in [-0.15, -0.1) is 22.0 Å². The smallest absolute Gasteiger partial charge is 0.244 e. The normalized spacial score (nSPS) is 15.7. The Balaban J connectivity index is 1.37. The molecule has 0 spiro atoms. The van der Waals surface area contributed by atoms with E-state index in [4.69, 9.17) is 0 Å². The van der Waals surface area contributed by atoms with Gasteiger partial charge in [0.05, 0.1) is 17.1 Å². The highest BCUT2D eigenvalue weighted by atomic mass is 32.2. The molecular weight excluding hydrogens is 429 g/mol. The highest BCUT2D eigenvalue weighted by Gasteiger charge is 2.26. The number of thioether (sulfide) groups is 1. The molecule has 0 unspecified atom stereocenters. The van der Waals surface area contributed by atoms with Gasteiger partial charge in [0.25, 0.3) is 0 Å². The van der Waals surface area contributed by atoms with Crippen molar-refractivity contribution < 1.29 is 14.0 Å². The molecule has 1 aromatic heterocycles. The van der Waals surface area contributed by atoms with Crippen LogP contribution in [0.2, 0.25) is 0 Å². The maximum atomic E-state index is 14.5. The number of fused-ring (bicyclic) bond motifs is 2. The Morgan fingerprint density at radius 1 is 1.12 bits per heavy atom. The van der Waals surface area contributed by atoms with E-state index in [1.807, 2.05) is 24.3 Å². The van der Waals surface area contributed by atoms with E-state index in [1.54, 1.807) is 12.1 Å². The third-order valence-corrected chi connectivity index (χ3v) is 6.77. The third kappa shape index (κ3) is 4.00. The lowest BCUT2D eigenvalue weighted by Gasteiger charge is -2.28. The number of carbonyl (C=O) groups excluding carboxylic acids is 2. The van der Waals surface area contributed by atoms with E-state index in [0.717, 1.165) is 42.9 Å². The average Bonchev–Trinajstić information content (AvgIpc) is 3.05. The minimum absolute atomic E-state index is 0.0607. The van der Waals surface area contributed by atoms with Crippen molar-refractivity contribution in [3.63, 3.8) is 0 Å². The number of hydrogen-bond acceptors (Lipinski definition) is 5. The number of hydrogen-bond donors (Lipinski definition) is 1. The van der Waals surface area contributed by atoms with Crippen LogP contribution in [0.15, 0.2) is 47.4 Å². The molecule has 3 heterocycles. The number of amides is 2. The fraction of sp³-hybridized carbons (Fsp3) is 0.304. The number of nitrogens with zero attached hydrogens (tertiary/aromatic N) is 4. The molecule has 0 aliphatic carbocycles. The van der Waals surface area contributed by atoms with Crippen LogP contribution in [0.1, 0.15) is 25.1 Å². The van der Waals surface area contributed by atoms with Crippen molar-refractivity contribution >= 4 is 35.0 Å². The second-order valence-electron chi connectivity index (χ2n) is 7.88. The van der Waals surface area contributed by atoms with Gasteiger partial charge in [-0.05, 0) is 43.2 Å². The Morgan fingerprint density at radius 3 is 2.91 bits per heavy atom. The van der Waals surface area contributed by atoms with E-state index in [9.17, 15) is 14.0 Å². The average molecular weight is 452 g/mol. The molecule has 0 saturated heterocycles. The molecule has 1 N–H and O–H groups in total. The summed E-state index contributed by atoms with van der Waals surface area (Å²) in [6.07, 6.45) is 4.15. The van der Waals surface area contributed by atoms with Gasteiger partial charge in [0.2, 0.25) is 11.8 Å². The first kappa shape index (κ1) is 20.7. The first-order valence-corrected chi connectivity index (χ1v) is 11.6. The van der Waals surface area contributed by atoms with Crippen LogP contribution in [-0.2, 0) is 22.6 Å². The molecule has 0 saturated carbocycles. The highest BCUT2D eigenvalue weighted by molar-refractivity contribution is 8.00. The lowest BCUT2D eigenvalue weighted by molar-refractivity contribution is -0.120. The summed E-state index contributed by atoms with van der Waals surface area (Å²) in [5.41, 5.74) is 1.45. The molecule has 0 radical (unpaired) electrons. The Kier molecular flexibility index (Phi) is 5.65. The second kappa shape index (κ2) is 8.74. The molecule has 2 amide bonds. The van der Waals surface area contributed by atoms with Gasteiger partial charge < -0.3 is 14.8 Å². The number of rotatable bonds is 4. The van der Waals surface area contributed by atoms with E-state index in [-0.39, 0.29) is 23.9 Å². The number of halogens is 1. The topological polar surface area (TPSA) is 80.1 Å². The molecular formula is C23H22FN5O2S. The number of carbonyl (C=O) groups is 2. The molecule has 2 aliphatic rings. The Bertz CT molecular complexity index is 1190. The van der Waals surface area contributed by atoms with Crippen LogP contribution in [0.25, 0.3) is 11.4 Å². The SMILES string of the molecule is O=C(CN1C(=O)CSc2ccccc21)Nc1cc(-c2nnc3n2CCCCC3)ccc1F. The number of benzene rings is 2. The molecule has 7 nitrogen and oxygen atoms in total. The largest absolute Gasteiger partial charge is 0.322 e. The predicted molar refractivity (Wildman–Crippen MR) is 121 cm³/mol. The van der Waals surface area contributed by atoms with E-state index in [2.05, 4.69) is 20.1 Å². The van der Waals surface area contributed by atoms with Gasteiger partial charge in [0.15, 0.2) is 5.82 Å². The molecule has 5 rings (SSSR count). The Morgan fingerprint density at radius 2 is 2.00 bits per heavy atom. The van der Waals surface area contributed by atoms with Crippen molar-refractivity contribution in [1.29, 1.82) is 0 Å². The van der Waals surface area contributed by atoms with Crippen LogP contribution < -0.4 is 10.2 Å². The number of aryl methyl sites for hydroxylation is 1. The van der Waals surface area contributed by atoms with Crippen molar-refractivity contribution in [2.75, 3.05) is 22.5 Å². The van der Waals surface area contributed by atoms with Crippen molar-refractivity contribution in [3.05, 3.63) is 54.1 Å². The standard InChI is InChI=1S/C23H22FN5O2S/c24-16-10-9-15(23-27-26-20-8-2-1-5-11-28(20)23)12-17(16)25-21(30)13-29-18-6-3-4-7-19(18)32-14-22(29)31/h3-4,6-7,9-10,12H,1-2,5,8,11,13-14H2,(H,25,30). The quantitative estimate of drug-likeness (QED) is 0.651. The number of para-hydroxylation sites is 1. The van der Waals surface area contributed by atoms with Gasteiger partial charge in [-0.3, -0.25) is 9.59 Å².